The van der Waals surface area contributed by atoms with Crippen molar-refractivity contribution in [3.8, 4) is 5.69 Å². The molecule has 3 aromatic rings. The van der Waals surface area contributed by atoms with Gasteiger partial charge in [0, 0.05) is 17.4 Å². The Morgan fingerprint density at radius 3 is 2.45 bits per heavy atom. The van der Waals surface area contributed by atoms with Gasteiger partial charge in [-0.15, -0.1) is 0 Å². The number of aliphatic imine (C=N–C) groups is 1. The van der Waals surface area contributed by atoms with Crippen LogP contribution >= 0.6 is 0 Å². The average molecular weight is 291 g/mol. The number of guanidine groups is 1. The lowest BCUT2D eigenvalue weighted by Crippen LogP contribution is -2.22. The van der Waals surface area contributed by atoms with Crippen LogP contribution in [0, 0.1) is 0 Å². The quantitative estimate of drug-likeness (QED) is 0.573. The summed E-state index contributed by atoms with van der Waals surface area (Å²) in [5.74, 6) is 0.388. The molecule has 1 heterocycles. The van der Waals surface area contributed by atoms with Crippen molar-refractivity contribution in [2.45, 2.75) is 6.54 Å². The lowest BCUT2D eigenvalue weighted by molar-refractivity contribution is 0.879. The molecule has 3 rings (SSSR count). The number of anilines is 1. The van der Waals surface area contributed by atoms with Crippen molar-refractivity contribution in [3.63, 3.8) is 0 Å². The Kier molecular flexibility index (Phi) is 4.15. The third-order valence-corrected chi connectivity index (χ3v) is 3.13. The van der Waals surface area contributed by atoms with E-state index in [9.17, 15) is 0 Å². The molecule has 0 atom stereocenters. The molecule has 1 aromatic heterocycles. The highest BCUT2D eigenvalue weighted by Crippen LogP contribution is 2.09. The summed E-state index contributed by atoms with van der Waals surface area (Å²) >= 11 is 0. The molecule has 0 amide bonds. The van der Waals surface area contributed by atoms with E-state index in [1.807, 2.05) is 71.5 Å². The molecule has 0 saturated heterocycles. The van der Waals surface area contributed by atoms with Gasteiger partial charge in [-0.1, -0.05) is 36.4 Å². The van der Waals surface area contributed by atoms with Crippen molar-refractivity contribution >= 4 is 11.6 Å². The molecular weight excluding hydrogens is 274 g/mol. The number of hydrogen-bond donors (Lipinski definition) is 2. The molecule has 0 aliphatic carbocycles. The molecule has 0 aliphatic heterocycles. The molecule has 110 valence electrons. The SMILES string of the molecule is NC(=NCc1cnn(-c2ccccc2)c1)Nc1ccccc1. The normalized spacial score (nSPS) is 11.4. The minimum Gasteiger partial charge on any atom is -0.370 e. The maximum absolute atomic E-state index is 5.88. The second-order valence-corrected chi connectivity index (χ2v) is 4.82. The zero-order valence-electron chi connectivity index (χ0n) is 12.1. The van der Waals surface area contributed by atoms with Crippen LogP contribution in [0.5, 0.6) is 0 Å². The lowest BCUT2D eigenvalue weighted by atomic mass is 10.3. The predicted molar refractivity (Wildman–Crippen MR) is 89.0 cm³/mol. The third kappa shape index (κ3) is 3.52. The first-order chi connectivity index (χ1) is 10.8. The van der Waals surface area contributed by atoms with Gasteiger partial charge in [-0.2, -0.15) is 5.10 Å². The minimum atomic E-state index is 0.388. The smallest absolute Gasteiger partial charge is 0.193 e. The molecule has 3 N–H and O–H groups in total. The van der Waals surface area contributed by atoms with Crippen LogP contribution in [-0.2, 0) is 6.54 Å². The first-order valence-corrected chi connectivity index (χ1v) is 7.02. The van der Waals surface area contributed by atoms with Crippen LogP contribution in [-0.4, -0.2) is 15.7 Å². The van der Waals surface area contributed by atoms with Crippen LogP contribution in [0.1, 0.15) is 5.56 Å². The Bertz CT molecular complexity index is 747. The number of rotatable bonds is 4. The number of aromatic nitrogens is 2. The van der Waals surface area contributed by atoms with E-state index in [0.717, 1.165) is 16.9 Å². The van der Waals surface area contributed by atoms with Gasteiger partial charge in [0.2, 0.25) is 0 Å². The Hall–Kier alpha value is -3.08. The summed E-state index contributed by atoms with van der Waals surface area (Å²) in [5, 5.41) is 7.39. The minimum absolute atomic E-state index is 0.388. The highest BCUT2D eigenvalue weighted by Gasteiger charge is 2.00. The van der Waals surface area contributed by atoms with Crippen LogP contribution in [0.3, 0.4) is 0 Å². The Labute approximate surface area is 129 Å². The number of nitrogens with zero attached hydrogens (tertiary/aromatic N) is 3. The standard InChI is InChI=1S/C17H17N5/c18-17(21-15-7-3-1-4-8-15)19-11-14-12-20-22(13-14)16-9-5-2-6-10-16/h1-10,12-13H,11H2,(H3,18,19,21). The molecule has 5 heteroatoms. The van der Waals surface area contributed by atoms with Gasteiger partial charge in [0.25, 0.3) is 0 Å². The summed E-state index contributed by atoms with van der Waals surface area (Å²) in [6.07, 6.45) is 3.75. The molecule has 0 bridgehead atoms. The van der Waals surface area contributed by atoms with Gasteiger partial charge in [-0.05, 0) is 24.3 Å². The topological polar surface area (TPSA) is 68.2 Å². The summed E-state index contributed by atoms with van der Waals surface area (Å²) in [7, 11) is 0. The predicted octanol–water partition coefficient (Wildman–Crippen LogP) is 2.80. The summed E-state index contributed by atoms with van der Waals surface area (Å²) in [4.78, 5) is 4.33. The fourth-order valence-electron chi connectivity index (χ4n) is 2.05. The van der Waals surface area contributed by atoms with E-state index in [-0.39, 0.29) is 0 Å². The number of hydrogen-bond acceptors (Lipinski definition) is 2. The van der Waals surface area contributed by atoms with E-state index in [4.69, 9.17) is 5.73 Å². The second-order valence-electron chi connectivity index (χ2n) is 4.82. The van der Waals surface area contributed by atoms with E-state index < -0.39 is 0 Å². The molecule has 2 aromatic carbocycles. The van der Waals surface area contributed by atoms with E-state index in [1.54, 1.807) is 6.20 Å². The van der Waals surface area contributed by atoms with Gasteiger partial charge in [0.1, 0.15) is 0 Å². The van der Waals surface area contributed by atoms with Crippen LogP contribution < -0.4 is 11.1 Å². The van der Waals surface area contributed by atoms with Crippen molar-refractivity contribution < 1.29 is 0 Å². The fraction of sp³-hybridized carbons (Fsp3) is 0.0588. The summed E-state index contributed by atoms with van der Waals surface area (Å²) < 4.78 is 1.83. The molecule has 0 fully saturated rings. The van der Waals surface area contributed by atoms with Crippen molar-refractivity contribution in [2.75, 3.05) is 5.32 Å². The van der Waals surface area contributed by atoms with Crippen LogP contribution in [0.4, 0.5) is 5.69 Å². The van der Waals surface area contributed by atoms with Gasteiger partial charge in [-0.25, -0.2) is 9.67 Å². The first kappa shape index (κ1) is 13.9. The largest absolute Gasteiger partial charge is 0.370 e. The zero-order valence-corrected chi connectivity index (χ0v) is 12.1. The van der Waals surface area contributed by atoms with Crippen LogP contribution in [0.15, 0.2) is 78.0 Å². The Morgan fingerprint density at radius 2 is 1.73 bits per heavy atom. The van der Waals surface area contributed by atoms with Crippen LogP contribution in [0.25, 0.3) is 5.69 Å². The summed E-state index contributed by atoms with van der Waals surface area (Å²) in [6, 6.07) is 19.7. The molecule has 0 radical (unpaired) electrons. The van der Waals surface area contributed by atoms with Gasteiger partial charge in [0.15, 0.2) is 5.96 Å². The highest BCUT2D eigenvalue weighted by molar-refractivity contribution is 5.92. The van der Waals surface area contributed by atoms with E-state index >= 15 is 0 Å². The lowest BCUT2D eigenvalue weighted by Gasteiger charge is -2.04. The first-order valence-electron chi connectivity index (χ1n) is 7.02. The van der Waals surface area contributed by atoms with Gasteiger partial charge in [-0.3, -0.25) is 0 Å². The number of para-hydroxylation sites is 2. The average Bonchev–Trinajstić information content (AvgIpc) is 3.04. The molecule has 5 nitrogen and oxygen atoms in total. The molecular formula is C17H17N5. The van der Waals surface area contributed by atoms with Gasteiger partial charge >= 0.3 is 0 Å². The maximum atomic E-state index is 5.88. The molecule has 22 heavy (non-hydrogen) atoms. The van der Waals surface area contributed by atoms with E-state index in [0.29, 0.717) is 12.5 Å². The maximum Gasteiger partial charge on any atom is 0.193 e. The second kappa shape index (κ2) is 6.58. The summed E-state index contributed by atoms with van der Waals surface area (Å²) in [6.45, 7) is 0.485. The zero-order chi connectivity index (χ0) is 15.2. The molecule has 0 saturated carbocycles. The van der Waals surface area contributed by atoms with Crippen molar-refractivity contribution in [3.05, 3.63) is 78.6 Å². The molecule has 0 aliphatic rings. The monoisotopic (exact) mass is 291 g/mol. The molecule has 0 spiro atoms. The van der Waals surface area contributed by atoms with Crippen molar-refractivity contribution in [1.29, 1.82) is 0 Å². The Balaban J connectivity index is 1.64. The van der Waals surface area contributed by atoms with Gasteiger partial charge in [0.05, 0.1) is 18.4 Å². The summed E-state index contributed by atoms with van der Waals surface area (Å²) in [5.41, 5.74) is 8.83. The van der Waals surface area contributed by atoms with E-state index in [1.165, 1.54) is 0 Å². The number of benzene rings is 2. The Morgan fingerprint density at radius 1 is 1.05 bits per heavy atom. The third-order valence-electron chi connectivity index (χ3n) is 3.13. The highest BCUT2D eigenvalue weighted by atomic mass is 15.3. The number of nitrogens with one attached hydrogen (secondary N) is 1. The number of nitrogens with two attached hydrogens (primary N) is 1. The fourth-order valence-corrected chi connectivity index (χ4v) is 2.05. The van der Waals surface area contributed by atoms with Crippen LogP contribution in [0.2, 0.25) is 0 Å². The van der Waals surface area contributed by atoms with Gasteiger partial charge < -0.3 is 11.1 Å². The van der Waals surface area contributed by atoms with E-state index in [2.05, 4.69) is 15.4 Å². The molecule has 0 unspecified atom stereocenters. The van der Waals surface area contributed by atoms with Crippen molar-refractivity contribution in [2.24, 2.45) is 10.7 Å². The van der Waals surface area contributed by atoms with Crippen molar-refractivity contribution in [1.82, 2.24) is 9.78 Å².